The number of hydrogen-bond donors (Lipinski definition) is 2. The Kier molecular flexibility index (Phi) is 4.15. The second kappa shape index (κ2) is 5.63. The van der Waals surface area contributed by atoms with Crippen molar-refractivity contribution >= 4 is 0 Å². The van der Waals surface area contributed by atoms with Crippen LogP contribution in [0.5, 0.6) is 0 Å². The van der Waals surface area contributed by atoms with Gasteiger partial charge in [0.15, 0.2) is 0 Å². The minimum atomic E-state index is 0.201. The fraction of sp³-hybridized carbons (Fsp3) is 0.571. The molecule has 0 spiro atoms. The molecule has 3 nitrogen and oxygen atoms in total. The van der Waals surface area contributed by atoms with Gasteiger partial charge in [-0.05, 0) is 31.1 Å². The van der Waals surface area contributed by atoms with Gasteiger partial charge in [0.05, 0.1) is 0 Å². The number of benzene rings is 1. The van der Waals surface area contributed by atoms with Gasteiger partial charge in [0.25, 0.3) is 0 Å². The lowest BCUT2D eigenvalue weighted by Gasteiger charge is -2.18. The summed E-state index contributed by atoms with van der Waals surface area (Å²) in [4.78, 5) is 2.31. The van der Waals surface area contributed by atoms with Crippen LogP contribution in [-0.2, 0) is 0 Å². The average Bonchev–Trinajstić information content (AvgIpc) is 2.67. The van der Waals surface area contributed by atoms with Crippen LogP contribution in [0.3, 0.4) is 0 Å². The van der Waals surface area contributed by atoms with E-state index >= 15 is 0 Å². The van der Waals surface area contributed by atoms with Crippen molar-refractivity contribution in [1.82, 2.24) is 10.2 Å². The molecule has 0 aliphatic heterocycles. The van der Waals surface area contributed by atoms with Crippen LogP contribution in [0.15, 0.2) is 24.3 Å². The lowest BCUT2D eigenvalue weighted by atomic mass is 10.1. The molecule has 0 amide bonds. The Labute approximate surface area is 104 Å². The van der Waals surface area contributed by atoms with Gasteiger partial charge in [-0.3, -0.25) is 0 Å². The molecule has 1 aromatic rings. The van der Waals surface area contributed by atoms with E-state index in [9.17, 15) is 0 Å². The predicted octanol–water partition coefficient (Wildman–Crippen LogP) is 1.67. The lowest BCUT2D eigenvalue weighted by molar-refractivity contribution is 0.338. The molecule has 94 valence electrons. The Morgan fingerprint density at radius 2 is 2.06 bits per heavy atom. The normalized spacial score (nSPS) is 23.1. The van der Waals surface area contributed by atoms with E-state index in [1.165, 1.54) is 11.1 Å². The van der Waals surface area contributed by atoms with Gasteiger partial charge in [0, 0.05) is 25.2 Å². The minimum absolute atomic E-state index is 0.201. The van der Waals surface area contributed by atoms with E-state index < -0.39 is 0 Å². The number of nitrogens with two attached hydrogens (primary N) is 1. The van der Waals surface area contributed by atoms with Gasteiger partial charge in [-0.15, -0.1) is 0 Å². The third-order valence-electron chi connectivity index (χ3n) is 3.68. The number of rotatable bonds is 5. The highest BCUT2D eigenvalue weighted by Crippen LogP contribution is 2.36. The second-order valence-corrected chi connectivity index (χ2v) is 4.87. The maximum absolute atomic E-state index is 6.14. The van der Waals surface area contributed by atoms with Gasteiger partial charge < -0.3 is 16.0 Å². The summed E-state index contributed by atoms with van der Waals surface area (Å²) in [5.74, 6) is 0. The van der Waals surface area contributed by atoms with E-state index in [4.69, 9.17) is 5.73 Å². The molecule has 1 aliphatic rings. The van der Waals surface area contributed by atoms with E-state index in [-0.39, 0.29) is 6.04 Å². The first-order valence-corrected chi connectivity index (χ1v) is 6.48. The molecule has 2 unspecified atom stereocenters. The van der Waals surface area contributed by atoms with Crippen LogP contribution in [0.25, 0.3) is 0 Å². The molecule has 2 atom stereocenters. The third-order valence-corrected chi connectivity index (χ3v) is 3.68. The molecule has 0 fully saturated rings. The summed E-state index contributed by atoms with van der Waals surface area (Å²) in [5, 5.41) is 3.61. The smallest absolute Gasteiger partial charge is 0.0342 e. The van der Waals surface area contributed by atoms with Gasteiger partial charge in [0.1, 0.15) is 0 Å². The summed E-state index contributed by atoms with van der Waals surface area (Å²) in [7, 11) is 2.15. The highest BCUT2D eigenvalue weighted by Gasteiger charge is 2.27. The summed E-state index contributed by atoms with van der Waals surface area (Å²) >= 11 is 0. The maximum Gasteiger partial charge on any atom is 0.0342 e. The zero-order valence-electron chi connectivity index (χ0n) is 10.8. The molecule has 0 bridgehead atoms. The molecular formula is C14H23N3. The molecule has 0 aromatic heterocycles. The summed E-state index contributed by atoms with van der Waals surface area (Å²) in [6.45, 7) is 5.39. The monoisotopic (exact) mass is 233 g/mol. The summed E-state index contributed by atoms with van der Waals surface area (Å²) < 4.78 is 0. The van der Waals surface area contributed by atoms with Crippen molar-refractivity contribution in [3.8, 4) is 0 Å². The number of hydrogen-bond acceptors (Lipinski definition) is 3. The average molecular weight is 233 g/mol. The molecule has 3 N–H and O–H groups in total. The van der Waals surface area contributed by atoms with E-state index in [0.29, 0.717) is 6.04 Å². The van der Waals surface area contributed by atoms with Gasteiger partial charge in [-0.2, -0.15) is 0 Å². The van der Waals surface area contributed by atoms with Crippen LogP contribution in [0, 0.1) is 0 Å². The fourth-order valence-electron chi connectivity index (χ4n) is 2.45. The molecule has 1 aliphatic carbocycles. The lowest BCUT2D eigenvalue weighted by Crippen LogP contribution is -2.31. The number of nitrogens with one attached hydrogen (secondary N) is 1. The van der Waals surface area contributed by atoms with E-state index in [1.807, 2.05) is 0 Å². The van der Waals surface area contributed by atoms with Gasteiger partial charge in [-0.25, -0.2) is 0 Å². The molecule has 17 heavy (non-hydrogen) atoms. The molecular weight excluding hydrogens is 210 g/mol. The van der Waals surface area contributed by atoms with E-state index in [0.717, 1.165) is 26.1 Å². The largest absolute Gasteiger partial charge is 0.324 e. The highest BCUT2D eigenvalue weighted by molar-refractivity contribution is 5.37. The SMILES string of the molecule is CCN(C)CCNC1CC(N)c2ccccc21. The van der Waals surface area contributed by atoms with Crippen molar-refractivity contribution in [2.75, 3.05) is 26.7 Å². The molecule has 2 rings (SSSR count). The summed E-state index contributed by atoms with van der Waals surface area (Å²) in [5.41, 5.74) is 8.85. The first-order chi connectivity index (χ1) is 8.22. The highest BCUT2D eigenvalue weighted by atomic mass is 15.1. The van der Waals surface area contributed by atoms with Crippen molar-refractivity contribution in [3.05, 3.63) is 35.4 Å². The number of fused-ring (bicyclic) bond motifs is 1. The minimum Gasteiger partial charge on any atom is -0.324 e. The van der Waals surface area contributed by atoms with Crippen LogP contribution in [0.2, 0.25) is 0 Å². The van der Waals surface area contributed by atoms with Crippen molar-refractivity contribution in [1.29, 1.82) is 0 Å². The van der Waals surface area contributed by atoms with Crippen LogP contribution in [-0.4, -0.2) is 31.6 Å². The van der Waals surface area contributed by atoms with Gasteiger partial charge in [-0.1, -0.05) is 31.2 Å². The molecule has 0 radical (unpaired) electrons. The molecule has 0 saturated heterocycles. The van der Waals surface area contributed by atoms with Crippen molar-refractivity contribution in [2.45, 2.75) is 25.4 Å². The van der Waals surface area contributed by atoms with Crippen LogP contribution in [0.1, 0.15) is 36.6 Å². The molecule has 1 aromatic carbocycles. The standard InChI is InChI=1S/C14H23N3/c1-3-17(2)9-8-16-14-10-13(15)11-6-4-5-7-12(11)14/h4-7,13-14,16H,3,8-10,15H2,1-2H3. The Morgan fingerprint density at radius 3 is 2.76 bits per heavy atom. The van der Waals surface area contributed by atoms with Gasteiger partial charge in [0.2, 0.25) is 0 Å². The quantitative estimate of drug-likeness (QED) is 0.813. The Balaban J connectivity index is 1.91. The number of likely N-dealkylation sites (N-methyl/N-ethyl adjacent to an activating group) is 1. The third kappa shape index (κ3) is 2.86. The zero-order chi connectivity index (χ0) is 12.3. The van der Waals surface area contributed by atoms with Crippen molar-refractivity contribution in [2.24, 2.45) is 5.73 Å². The van der Waals surface area contributed by atoms with E-state index in [1.54, 1.807) is 0 Å². The Bertz CT molecular complexity index is 364. The van der Waals surface area contributed by atoms with Crippen molar-refractivity contribution in [3.63, 3.8) is 0 Å². The van der Waals surface area contributed by atoms with Crippen LogP contribution < -0.4 is 11.1 Å². The topological polar surface area (TPSA) is 41.3 Å². The van der Waals surface area contributed by atoms with Crippen LogP contribution in [0.4, 0.5) is 0 Å². The number of nitrogens with zero attached hydrogens (tertiary/aromatic N) is 1. The van der Waals surface area contributed by atoms with Crippen molar-refractivity contribution < 1.29 is 0 Å². The predicted molar refractivity (Wildman–Crippen MR) is 71.9 cm³/mol. The van der Waals surface area contributed by atoms with Crippen LogP contribution >= 0.6 is 0 Å². The summed E-state index contributed by atoms with van der Waals surface area (Å²) in [6, 6.07) is 9.16. The first-order valence-electron chi connectivity index (χ1n) is 6.48. The summed E-state index contributed by atoms with van der Waals surface area (Å²) in [6.07, 6.45) is 1.02. The maximum atomic E-state index is 6.14. The van der Waals surface area contributed by atoms with Gasteiger partial charge >= 0.3 is 0 Å². The fourth-order valence-corrected chi connectivity index (χ4v) is 2.45. The molecule has 3 heteroatoms. The first kappa shape index (κ1) is 12.6. The Morgan fingerprint density at radius 1 is 1.35 bits per heavy atom. The van der Waals surface area contributed by atoms with E-state index in [2.05, 4.69) is 48.5 Å². The second-order valence-electron chi connectivity index (χ2n) is 4.87. The zero-order valence-corrected chi connectivity index (χ0v) is 10.8. The molecule has 0 saturated carbocycles. The molecule has 0 heterocycles. The Hall–Kier alpha value is -0.900.